The largest absolute Gasteiger partial charge is 0.328 e. The summed E-state index contributed by atoms with van der Waals surface area (Å²) in [6, 6.07) is 0.990. The third kappa shape index (κ3) is 6.62. The Morgan fingerprint density at radius 2 is 1.75 bits per heavy atom. The molecule has 0 amide bonds. The molecule has 12 heavy (non-hydrogen) atoms. The molecule has 0 saturated heterocycles. The lowest BCUT2D eigenvalue weighted by molar-refractivity contribution is 0.402. The van der Waals surface area contributed by atoms with Crippen LogP contribution in [0.5, 0.6) is 0 Å². The van der Waals surface area contributed by atoms with Crippen molar-refractivity contribution in [3.8, 4) is 0 Å². The zero-order chi connectivity index (χ0) is 9.56. The van der Waals surface area contributed by atoms with Crippen molar-refractivity contribution in [2.75, 3.05) is 7.05 Å². The number of hydrogen-bond acceptors (Lipinski definition) is 2. The van der Waals surface area contributed by atoms with Crippen molar-refractivity contribution >= 4 is 0 Å². The molecule has 2 heteroatoms. The Hall–Kier alpha value is -0.0800. The maximum Gasteiger partial charge on any atom is 0.00670 e. The Morgan fingerprint density at radius 1 is 1.17 bits per heavy atom. The van der Waals surface area contributed by atoms with E-state index in [1.807, 2.05) is 7.05 Å². The minimum Gasteiger partial charge on any atom is -0.328 e. The van der Waals surface area contributed by atoms with Crippen molar-refractivity contribution in [3.63, 3.8) is 0 Å². The number of rotatable bonds is 6. The highest BCUT2D eigenvalue weighted by Gasteiger charge is 2.08. The van der Waals surface area contributed by atoms with Crippen molar-refractivity contribution in [2.45, 2.75) is 52.1 Å². The molecule has 2 nitrogen and oxygen atoms in total. The minimum atomic E-state index is 0.341. The highest BCUT2D eigenvalue weighted by molar-refractivity contribution is 4.68. The van der Waals surface area contributed by atoms with Gasteiger partial charge in [0.25, 0.3) is 0 Å². The number of hydrogen-bond donors (Lipinski definition) is 2. The lowest BCUT2D eigenvalue weighted by atomic mass is 9.98. The summed E-state index contributed by atoms with van der Waals surface area (Å²) in [5.74, 6) is 0.774. The van der Waals surface area contributed by atoms with Crippen LogP contribution in [0.3, 0.4) is 0 Å². The van der Waals surface area contributed by atoms with Gasteiger partial charge in [0, 0.05) is 12.1 Å². The van der Waals surface area contributed by atoms with Crippen LogP contribution in [0.4, 0.5) is 0 Å². The van der Waals surface area contributed by atoms with Gasteiger partial charge in [-0.2, -0.15) is 0 Å². The van der Waals surface area contributed by atoms with Crippen LogP contribution in [0.1, 0.15) is 40.0 Å². The van der Waals surface area contributed by atoms with E-state index in [-0.39, 0.29) is 0 Å². The predicted octanol–water partition coefficient (Wildman–Crippen LogP) is 1.75. The second-order valence-corrected chi connectivity index (χ2v) is 4.17. The molecule has 2 atom stereocenters. The second kappa shape index (κ2) is 6.44. The van der Waals surface area contributed by atoms with Crippen molar-refractivity contribution in [1.29, 1.82) is 0 Å². The molecule has 2 unspecified atom stereocenters. The fourth-order valence-electron chi connectivity index (χ4n) is 1.41. The molecule has 0 aliphatic carbocycles. The highest BCUT2D eigenvalue weighted by Crippen LogP contribution is 2.09. The van der Waals surface area contributed by atoms with Crippen molar-refractivity contribution in [2.24, 2.45) is 11.7 Å². The lowest BCUT2D eigenvalue weighted by Gasteiger charge is -2.19. The zero-order valence-electron chi connectivity index (χ0n) is 8.93. The van der Waals surface area contributed by atoms with Crippen LogP contribution in [0, 0.1) is 5.92 Å². The van der Waals surface area contributed by atoms with E-state index in [4.69, 9.17) is 5.73 Å². The molecule has 0 spiro atoms. The molecule has 0 aliphatic rings. The first-order valence-electron chi connectivity index (χ1n) is 4.99. The molecular formula is C10H24N2. The van der Waals surface area contributed by atoms with Gasteiger partial charge < -0.3 is 11.1 Å². The molecule has 0 fully saturated rings. The smallest absolute Gasteiger partial charge is 0.00670 e. The average Bonchev–Trinajstić information content (AvgIpc) is 1.97. The summed E-state index contributed by atoms with van der Waals surface area (Å²) in [7, 11) is 2.04. The summed E-state index contributed by atoms with van der Waals surface area (Å²) in [6.45, 7) is 6.59. The van der Waals surface area contributed by atoms with Crippen molar-refractivity contribution in [1.82, 2.24) is 5.32 Å². The summed E-state index contributed by atoms with van der Waals surface area (Å²) in [5.41, 5.74) is 5.70. The molecule has 0 radical (unpaired) electrons. The summed E-state index contributed by atoms with van der Waals surface area (Å²) >= 11 is 0. The molecule has 0 saturated carbocycles. The van der Waals surface area contributed by atoms with Gasteiger partial charge in [-0.3, -0.25) is 0 Å². The van der Waals surface area contributed by atoms with Gasteiger partial charge in [0.2, 0.25) is 0 Å². The molecule has 74 valence electrons. The average molecular weight is 172 g/mol. The van der Waals surface area contributed by atoms with Crippen LogP contribution in [-0.4, -0.2) is 19.1 Å². The van der Waals surface area contributed by atoms with Crippen molar-refractivity contribution < 1.29 is 0 Å². The molecule has 0 rings (SSSR count). The van der Waals surface area contributed by atoms with Gasteiger partial charge in [0.15, 0.2) is 0 Å². The highest BCUT2D eigenvalue weighted by atomic mass is 14.9. The molecular weight excluding hydrogens is 148 g/mol. The quantitative estimate of drug-likeness (QED) is 0.640. The molecule has 0 bridgehead atoms. The fraction of sp³-hybridized carbons (Fsp3) is 1.00. The first-order valence-corrected chi connectivity index (χ1v) is 4.99. The van der Waals surface area contributed by atoms with E-state index in [1.54, 1.807) is 0 Å². The predicted molar refractivity (Wildman–Crippen MR) is 55.2 cm³/mol. The first kappa shape index (κ1) is 11.9. The molecule has 0 aliphatic heterocycles. The number of nitrogens with one attached hydrogen (secondary N) is 1. The van der Waals surface area contributed by atoms with Gasteiger partial charge in [-0.15, -0.1) is 0 Å². The normalized spacial score (nSPS) is 16.5. The molecule has 0 heterocycles. The van der Waals surface area contributed by atoms with Gasteiger partial charge in [0.1, 0.15) is 0 Å². The van der Waals surface area contributed by atoms with E-state index in [0.717, 1.165) is 12.3 Å². The van der Waals surface area contributed by atoms with Gasteiger partial charge >= 0.3 is 0 Å². The van der Waals surface area contributed by atoms with Crippen LogP contribution in [0.15, 0.2) is 0 Å². The van der Waals surface area contributed by atoms with Gasteiger partial charge in [-0.25, -0.2) is 0 Å². The Balaban J connectivity index is 3.53. The van der Waals surface area contributed by atoms with Gasteiger partial charge in [-0.05, 0) is 39.2 Å². The fourth-order valence-corrected chi connectivity index (χ4v) is 1.41. The second-order valence-electron chi connectivity index (χ2n) is 4.17. The SMILES string of the molecule is CNC(CCC(C)N)CC(C)C. The van der Waals surface area contributed by atoms with E-state index in [9.17, 15) is 0 Å². The Bertz CT molecular complexity index is 100. The Morgan fingerprint density at radius 3 is 2.08 bits per heavy atom. The van der Waals surface area contributed by atoms with E-state index in [0.29, 0.717) is 12.1 Å². The topological polar surface area (TPSA) is 38.0 Å². The zero-order valence-corrected chi connectivity index (χ0v) is 8.93. The van der Waals surface area contributed by atoms with Crippen LogP contribution in [0.2, 0.25) is 0 Å². The van der Waals surface area contributed by atoms with Crippen molar-refractivity contribution in [3.05, 3.63) is 0 Å². The van der Waals surface area contributed by atoms with Crippen LogP contribution < -0.4 is 11.1 Å². The monoisotopic (exact) mass is 172 g/mol. The summed E-state index contributed by atoms with van der Waals surface area (Å²) in [4.78, 5) is 0. The van der Waals surface area contributed by atoms with Crippen LogP contribution in [0.25, 0.3) is 0 Å². The minimum absolute atomic E-state index is 0.341. The Labute approximate surface area is 76.9 Å². The summed E-state index contributed by atoms with van der Waals surface area (Å²) in [6.07, 6.45) is 3.58. The van der Waals surface area contributed by atoms with Crippen LogP contribution >= 0.6 is 0 Å². The first-order chi connectivity index (χ1) is 5.56. The standard InChI is InChI=1S/C10H24N2/c1-8(2)7-10(12-4)6-5-9(3)11/h8-10,12H,5-7,11H2,1-4H3. The summed E-state index contributed by atoms with van der Waals surface area (Å²) < 4.78 is 0. The maximum atomic E-state index is 5.70. The molecule has 0 aromatic carbocycles. The number of nitrogens with two attached hydrogens (primary N) is 1. The molecule has 0 aromatic rings. The van der Waals surface area contributed by atoms with Gasteiger partial charge in [0.05, 0.1) is 0 Å². The molecule has 0 aromatic heterocycles. The Kier molecular flexibility index (Phi) is 6.39. The third-order valence-corrected chi connectivity index (χ3v) is 2.13. The third-order valence-electron chi connectivity index (χ3n) is 2.13. The maximum absolute atomic E-state index is 5.70. The lowest BCUT2D eigenvalue weighted by Crippen LogP contribution is -2.29. The summed E-state index contributed by atoms with van der Waals surface area (Å²) in [5, 5.41) is 3.33. The molecule has 3 N–H and O–H groups in total. The van der Waals surface area contributed by atoms with Crippen LogP contribution in [-0.2, 0) is 0 Å². The van der Waals surface area contributed by atoms with Gasteiger partial charge in [-0.1, -0.05) is 13.8 Å². The van der Waals surface area contributed by atoms with E-state index in [2.05, 4.69) is 26.1 Å². The van der Waals surface area contributed by atoms with E-state index < -0.39 is 0 Å². The van der Waals surface area contributed by atoms with E-state index >= 15 is 0 Å². The van der Waals surface area contributed by atoms with E-state index in [1.165, 1.54) is 12.8 Å².